The van der Waals surface area contributed by atoms with Crippen LogP contribution >= 0.6 is 0 Å². The Labute approximate surface area is 107 Å². The second-order valence-corrected chi connectivity index (χ2v) is 5.51. The normalized spacial score (nSPS) is 22.3. The lowest BCUT2D eigenvalue weighted by Crippen LogP contribution is -2.27. The Balaban J connectivity index is 1.62. The molecule has 0 saturated heterocycles. The molecule has 1 N–H and O–H groups in total. The zero-order chi connectivity index (χ0) is 12.4. The van der Waals surface area contributed by atoms with Gasteiger partial charge < -0.3 is 0 Å². The molecule has 1 aromatic rings. The van der Waals surface area contributed by atoms with Gasteiger partial charge in [0.2, 0.25) is 0 Å². The molecular weight excluding hydrogens is 229 g/mol. The van der Waals surface area contributed by atoms with Crippen molar-refractivity contribution in [1.29, 1.82) is 0 Å². The lowest BCUT2D eigenvalue weighted by molar-refractivity contribution is -0.0448. The lowest BCUT2D eigenvalue weighted by Gasteiger charge is -2.21. The van der Waals surface area contributed by atoms with Gasteiger partial charge in [-0.1, -0.05) is 25.0 Å². The second kappa shape index (κ2) is 5.37. The molecule has 0 amide bonds. The fourth-order valence-corrected chi connectivity index (χ4v) is 2.71. The molecule has 0 spiro atoms. The Hall–Kier alpha value is -0.930. The van der Waals surface area contributed by atoms with Crippen molar-refractivity contribution >= 4 is 0 Å². The third-order valence-electron chi connectivity index (χ3n) is 3.99. The van der Waals surface area contributed by atoms with Crippen LogP contribution in [0.3, 0.4) is 0 Å². The van der Waals surface area contributed by atoms with E-state index in [1.54, 1.807) is 0 Å². The molecule has 1 atom stereocenters. The van der Waals surface area contributed by atoms with Crippen molar-refractivity contribution in [2.75, 3.05) is 0 Å². The van der Waals surface area contributed by atoms with Gasteiger partial charge in [0.25, 0.3) is 0 Å². The maximum Gasteiger partial charge on any atom is 0.123 e. The molecule has 2 aliphatic carbocycles. The summed E-state index contributed by atoms with van der Waals surface area (Å²) in [7, 11) is 0. The Bertz CT molecular complexity index is 382. The molecule has 2 saturated carbocycles. The van der Waals surface area contributed by atoms with Crippen LogP contribution in [0, 0.1) is 11.7 Å². The Morgan fingerprint density at radius 1 is 1.06 bits per heavy atom. The van der Waals surface area contributed by atoms with Crippen LogP contribution in [0.2, 0.25) is 0 Å². The summed E-state index contributed by atoms with van der Waals surface area (Å²) < 4.78 is 12.9. The van der Waals surface area contributed by atoms with Gasteiger partial charge in [0, 0.05) is 0 Å². The Morgan fingerprint density at radius 3 is 2.33 bits per heavy atom. The van der Waals surface area contributed by atoms with Crippen LogP contribution in [0.1, 0.15) is 50.1 Å². The van der Waals surface area contributed by atoms with Gasteiger partial charge in [-0.2, -0.15) is 5.48 Å². The molecule has 2 fully saturated rings. The molecule has 1 aromatic carbocycles. The maximum atomic E-state index is 12.9. The third-order valence-corrected chi connectivity index (χ3v) is 3.99. The summed E-state index contributed by atoms with van der Waals surface area (Å²) >= 11 is 0. The topological polar surface area (TPSA) is 21.3 Å². The summed E-state index contributed by atoms with van der Waals surface area (Å²) in [5.74, 6) is 0.474. The van der Waals surface area contributed by atoms with E-state index in [2.05, 4.69) is 5.48 Å². The Kier molecular flexibility index (Phi) is 3.62. The first-order valence-corrected chi connectivity index (χ1v) is 6.99. The maximum absolute atomic E-state index is 12.9. The predicted molar refractivity (Wildman–Crippen MR) is 68.3 cm³/mol. The van der Waals surface area contributed by atoms with Crippen molar-refractivity contribution in [3.8, 4) is 0 Å². The minimum Gasteiger partial charge on any atom is -0.298 e. The molecule has 0 radical (unpaired) electrons. The highest BCUT2D eigenvalue weighted by molar-refractivity contribution is 5.21. The van der Waals surface area contributed by atoms with Gasteiger partial charge in [-0.05, 0) is 49.3 Å². The summed E-state index contributed by atoms with van der Waals surface area (Å²) in [6.07, 6.45) is 7.72. The highest BCUT2D eigenvalue weighted by Gasteiger charge is 2.33. The van der Waals surface area contributed by atoms with Crippen LogP contribution in [0.15, 0.2) is 24.3 Å². The number of hydrogen-bond donors (Lipinski definition) is 1. The lowest BCUT2D eigenvalue weighted by atomic mass is 10.0. The average Bonchev–Trinajstić information content (AvgIpc) is 3.08. The van der Waals surface area contributed by atoms with E-state index in [0.29, 0.717) is 12.0 Å². The SMILES string of the molecule is Fc1ccc(C(NOC2CCCC2)C2CC2)cc1. The Morgan fingerprint density at radius 2 is 1.72 bits per heavy atom. The first-order valence-electron chi connectivity index (χ1n) is 6.99. The molecular formula is C15H20FNO. The van der Waals surface area contributed by atoms with Crippen LogP contribution in [0.5, 0.6) is 0 Å². The summed E-state index contributed by atoms with van der Waals surface area (Å²) in [5, 5.41) is 0. The molecule has 98 valence electrons. The van der Waals surface area contributed by atoms with Gasteiger partial charge in [-0.3, -0.25) is 4.84 Å². The number of hydrogen-bond acceptors (Lipinski definition) is 2. The molecule has 1 unspecified atom stereocenters. The predicted octanol–water partition coefficient (Wildman–Crippen LogP) is 3.74. The van der Waals surface area contributed by atoms with E-state index in [9.17, 15) is 4.39 Å². The molecule has 0 aliphatic heterocycles. The van der Waals surface area contributed by atoms with Crippen molar-refractivity contribution in [3.05, 3.63) is 35.6 Å². The van der Waals surface area contributed by atoms with E-state index in [1.165, 1.54) is 37.8 Å². The largest absolute Gasteiger partial charge is 0.298 e. The van der Waals surface area contributed by atoms with Gasteiger partial charge in [0.1, 0.15) is 5.82 Å². The molecule has 0 aromatic heterocycles. The van der Waals surface area contributed by atoms with Crippen molar-refractivity contribution in [3.63, 3.8) is 0 Å². The van der Waals surface area contributed by atoms with E-state index in [1.807, 2.05) is 12.1 Å². The zero-order valence-corrected chi connectivity index (χ0v) is 10.6. The van der Waals surface area contributed by atoms with Crippen molar-refractivity contribution in [2.45, 2.75) is 50.7 Å². The van der Waals surface area contributed by atoms with E-state index >= 15 is 0 Å². The van der Waals surface area contributed by atoms with E-state index in [0.717, 1.165) is 18.4 Å². The average molecular weight is 249 g/mol. The number of benzene rings is 1. The van der Waals surface area contributed by atoms with Crippen molar-refractivity contribution in [2.24, 2.45) is 5.92 Å². The van der Waals surface area contributed by atoms with E-state index in [-0.39, 0.29) is 11.9 Å². The number of nitrogens with one attached hydrogen (secondary N) is 1. The van der Waals surface area contributed by atoms with Gasteiger partial charge >= 0.3 is 0 Å². The molecule has 2 nitrogen and oxygen atoms in total. The van der Waals surface area contributed by atoms with Gasteiger partial charge in [-0.15, -0.1) is 0 Å². The van der Waals surface area contributed by atoms with Crippen LogP contribution in [0.4, 0.5) is 4.39 Å². The van der Waals surface area contributed by atoms with Gasteiger partial charge in [-0.25, -0.2) is 4.39 Å². The summed E-state index contributed by atoms with van der Waals surface area (Å²) in [4.78, 5) is 5.81. The summed E-state index contributed by atoms with van der Waals surface area (Å²) in [6.45, 7) is 0. The number of rotatable bonds is 5. The second-order valence-electron chi connectivity index (χ2n) is 5.51. The first-order chi connectivity index (χ1) is 8.83. The highest BCUT2D eigenvalue weighted by Crippen LogP contribution is 2.41. The van der Waals surface area contributed by atoms with E-state index < -0.39 is 0 Å². The molecule has 3 rings (SSSR count). The molecule has 0 bridgehead atoms. The monoisotopic (exact) mass is 249 g/mol. The minimum atomic E-state index is -0.176. The fraction of sp³-hybridized carbons (Fsp3) is 0.600. The van der Waals surface area contributed by atoms with Gasteiger partial charge in [0.15, 0.2) is 0 Å². The fourth-order valence-electron chi connectivity index (χ4n) is 2.71. The van der Waals surface area contributed by atoms with Crippen LogP contribution in [-0.2, 0) is 4.84 Å². The highest BCUT2D eigenvalue weighted by atomic mass is 19.1. The van der Waals surface area contributed by atoms with Crippen molar-refractivity contribution in [1.82, 2.24) is 5.48 Å². The molecule has 0 heterocycles. The van der Waals surface area contributed by atoms with Crippen molar-refractivity contribution < 1.29 is 9.23 Å². The van der Waals surface area contributed by atoms with Gasteiger partial charge in [0.05, 0.1) is 12.1 Å². The first kappa shape index (κ1) is 12.1. The van der Waals surface area contributed by atoms with Crippen LogP contribution in [0.25, 0.3) is 0 Å². The molecule has 3 heteroatoms. The molecule has 18 heavy (non-hydrogen) atoms. The van der Waals surface area contributed by atoms with Crippen LogP contribution < -0.4 is 5.48 Å². The number of hydroxylamine groups is 1. The summed E-state index contributed by atoms with van der Waals surface area (Å²) in [5.41, 5.74) is 4.37. The quantitative estimate of drug-likeness (QED) is 0.803. The third kappa shape index (κ3) is 2.90. The zero-order valence-electron chi connectivity index (χ0n) is 10.6. The summed E-state index contributed by atoms with van der Waals surface area (Å²) in [6, 6.07) is 7.02. The molecule has 2 aliphatic rings. The number of halogens is 1. The van der Waals surface area contributed by atoms with E-state index in [4.69, 9.17) is 4.84 Å². The van der Waals surface area contributed by atoms with Crippen LogP contribution in [-0.4, -0.2) is 6.10 Å². The minimum absolute atomic E-state index is 0.176. The smallest absolute Gasteiger partial charge is 0.123 e. The standard InChI is InChI=1S/C15H20FNO/c16-13-9-7-12(8-10-13)15(11-5-6-11)17-18-14-3-1-2-4-14/h7-11,14-15,17H,1-6H2.